The van der Waals surface area contributed by atoms with Gasteiger partial charge in [0.25, 0.3) is 5.91 Å². The lowest BCUT2D eigenvalue weighted by Crippen LogP contribution is -2.31. The number of anilines is 1. The van der Waals surface area contributed by atoms with Gasteiger partial charge in [0, 0.05) is 23.4 Å². The molecule has 1 aromatic carbocycles. The molecule has 0 saturated heterocycles. The third kappa shape index (κ3) is 3.98. The van der Waals surface area contributed by atoms with Gasteiger partial charge in [-0.2, -0.15) is 0 Å². The van der Waals surface area contributed by atoms with E-state index < -0.39 is 0 Å². The number of nitrogen functional groups attached to an aromatic ring is 1. The fourth-order valence-corrected chi connectivity index (χ4v) is 1.41. The highest BCUT2D eigenvalue weighted by atomic mass is 16.5. The number of amides is 1. The lowest BCUT2D eigenvalue weighted by atomic mass is 10.1. The van der Waals surface area contributed by atoms with Crippen LogP contribution in [0.3, 0.4) is 0 Å². The zero-order chi connectivity index (χ0) is 12.8. The van der Waals surface area contributed by atoms with Crippen molar-refractivity contribution < 1.29 is 9.53 Å². The molecule has 94 valence electrons. The van der Waals surface area contributed by atoms with E-state index in [1.807, 2.05) is 20.8 Å². The first-order valence-electron chi connectivity index (χ1n) is 5.91. The molecule has 0 aliphatic heterocycles. The summed E-state index contributed by atoms with van der Waals surface area (Å²) in [5, 5.41) is 2.89. The van der Waals surface area contributed by atoms with Gasteiger partial charge in [0.05, 0.1) is 6.61 Å². The predicted molar refractivity (Wildman–Crippen MR) is 69.2 cm³/mol. The Morgan fingerprint density at radius 2 is 2.12 bits per heavy atom. The molecule has 1 rings (SSSR count). The Balaban J connectivity index is 2.85. The molecule has 1 amide bonds. The number of ether oxygens (including phenoxy) is 1. The normalized spacial score (nSPS) is 11.9. The Labute approximate surface area is 102 Å². The molecule has 0 heterocycles. The first kappa shape index (κ1) is 13.4. The first-order chi connectivity index (χ1) is 8.06. The first-order valence-corrected chi connectivity index (χ1v) is 5.91. The second kappa shape index (κ2) is 6.13. The number of carbonyl (C=O) groups is 1. The van der Waals surface area contributed by atoms with Crippen molar-refractivity contribution in [3.63, 3.8) is 0 Å². The Morgan fingerprint density at radius 1 is 1.41 bits per heavy atom. The molecule has 3 N–H and O–H groups in total. The zero-order valence-electron chi connectivity index (χ0n) is 10.6. The molecule has 1 unspecified atom stereocenters. The molecular formula is C13H20N2O2. The van der Waals surface area contributed by atoms with Gasteiger partial charge < -0.3 is 15.8 Å². The van der Waals surface area contributed by atoms with Gasteiger partial charge in [0.1, 0.15) is 5.75 Å². The summed E-state index contributed by atoms with van der Waals surface area (Å²) in [4.78, 5) is 11.9. The molecule has 1 aromatic rings. The molecule has 0 aliphatic rings. The maximum Gasteiger partial charge on any atom is 0.251 e. The Kier molecular flexibility index (Phi) is 4.82. The van der Waals surface area contributed by atoms with Crippen LogP contribution < -0.4 is 15.8 Å². The van der Waals surface area contributed by atoms with Crippen molar-refractivity contribution in [2.24, 2.45) is 0 Å². The number of nitrogens with one attached hydrogen (secondary N) is 1. The van der Waals surface area contributed by atoms with Crippen molar-refractivity contribution in [3.05, 3.63) is 23.8 Å². The van der Waals surface area contributed by atoms with Gasteiger partial charge in [-0.15, -0.1) is 0 Å². The van der Waals surface area contributed by atoms with Crippen LogP contribution in [-0.4, -0.2) is 18.6 Å². The van der Waals surface area contributed by atoms with Crippen molar-refractivity contribution in [1.82, 2.24) is 5.32 Å². The summed E-state index contributed by atoms with van der Waals surface area (Å²) in [5.74, 6) is 0.509. The van der Waals surface area contributed by atoms with Gasteiger partial charge in [0.15, 0.2) is 0 Å². The smallest absolute Gasteiger partial charge is 0.251 e. The Hall–Kier alpha value is -1.71. The Bertz CT molecular complexity index is 391. The van der Waals surface area contributed by atoms with Crippen molar-refractivity contribution >= 4 is 11.6 Å². The van der Waals surface area contributed by atoms with E-state index in [1.54, 1.807) is 18.2 Å². The highest BCUT2D eigenvalue weighted by Crippen LogP contribution is 2.19. The van der Waals surface area contributed by atoms with Crippen molar-refractivity contribution in [3.8, 4) is 5.75 Å². The minimum atomic E-state index is -0.118. The van der Waals surface area contributed by atoms with Gasteiger partial charge in [-0.25, -0.2) is 0 Å². The molecule has 17 heavy (non-hydrogen) atoms. The lowest BCUT2D eigenvalue weighted by molar-refractivity contribution is 0.0939. The number of benzene rings is 1. The van der Waals surface area contributed by atoms with Crippen LogP contribution in [0.4, 0.5) is 5.69 Å². The molecule has 0 bridgehead atoms. The molecule has 4 nitrogen and oxygen atoms in total. The predicted octanol–water partition coefficient (Wildman–Crippen LogP) is 2.20. The van der Waals surface area contributed by atoms with E-state index in [1.165, 1.54) is 0 Å². The fraction of sp³-hybridized carbons (Fsp3) is 0.462. The summed E-state index contributed by atoms with van der Waals surface area (Å²) >= 11 is 0. The molecule has 0 saturated carbocycles. The van der Waals surface area contributed by atoms with Crippen LogP contribution in [0.5, 0.6) is 5.75 Å². The molecular weight excluding hydrogens is 216 g/mol. The summed E-state index contributed by atoms with van der Waals surface area (Å²) in [6, 6.07) is 5.22. The van der Waals surface area contributed by atoms with Crippen molar-refractivity contribution in [1.29, 1.82) is 0 Å². The lowest BCUT2D eigenvalue weighted by Gasteiger charge is -2.12. The Morgan fingerprint density at radius 3 is 2.71 bits per heavy atom. The average Bonchev–Trinajstić information content (AvgIpc) is 2.28. The summed E-state index contributed by atoms with van der Waals surface area (Å²) in [7, 11) is 0. The van der Waals surface area contributed by atoms with E-state index in [9.17, 15) is 4.79 Å². The van der Waals surface area contributed by atoms with Crippen LogP contribution in [0, 0.1) is 0 Å². The molecule has 4 heteroatoms. The van der Waals surface area contributed by atoms with E-state index in [0.29, 0.717) is 23.6 Å². The van der Waals surface area contributed by atoms with E-state index in [-0.39, 0.29) is 11.9 Å². The summed E-state index contributed by atoms with van der Waals surface area (Å²) < 4.78 is 5.35. The minimum absolute atomic E-state index is 0.118. The van der Waals surface area contributed by atoms with E-state index >= 15 is 0 Å². The monoisotopic (exact) mass is 236 g/mol. The zero-order valence-corrected chi connectivity index (χ0v) is 10.6. The highest BCUT2D eigenvalue weighted by Gasteiger charge is 2.10. The summed E-state index contributed by atoms with van der Waals surface area (Å²) in [6.45, 7) is 6.43. The third-order valence-corrected chi connectivity index (χ3v) is 2.49. The molecule has 0 radical (unpaired) electrons. The average molecular weight is 236 g/mol. The van der Waals surface area contributed by atoms with Gasteiger partial charge in [-0.05, 0) is 32.4 Å². The summed E-state index contributed by atoms with van der Waals surface area (Å²) in [5.41, 5.74) is 6.80. The largest absolute Gasteiger partial charge is 0.494 e. The van der Waals surface area contributed by atoms with E-state index in [4.69, 9.17) is 10.5 Å². The molecule has 0 spiro atoms. The van der Waals surface area contributed by atoms with E-state index in [0.717, 1.165) is 6.42 Å². The van der Waals surface area contributed by atoms with Crippen molar-refractivity contribution in [2.45, 2.75) is 33.2 Å². The van der Waals surface area contributed by atoms with Crippen LogP contribution in [0.2, 0.25) is 0 Å². The van der Waals surface area contributed by atoms with Crippen LogP contribution in [-0.2, 0) is 0 Å². The molecule has 1 atom stereocenters. The quantitative estimate of drug-likeness (QED) is 0.770. The van der Waals surface area contributed by atoms with Crippen LogP contribution >= 0.6 is 0 Å². The third-order valence-electron chi connectivity index (χ3n) is 2.49. The SMILES string of the molecule is CCOc1cc(N)cc(C(=O)NC(C)CC)c1. The molecule has 0 aliphatic carbocycles. The van der Waals surface area contributed by atoms with Crippen LogP contribution in [0.15, 0.2) is 18.2 Å². The number of nitrogens with two attached hydrogens (primary N) is 1. The van der Waals surface area contributed by atoms with Crippen LogP contribution in [0.1, 0.15) is 37.6 Å². The number of hydrogen-bond acceptors (Lipinski definition) is 3. The maximum atomic E-state index is 11.9. The maximum absolute atomic E-state index is 11.9. The van der Waals surface area contributed by atoms with Gasteiger partial charge in [0.2, 0.25) is 0 Å². The summed E-state index contributed by atoms with van der Waals surface area (Å²) in [6.07, 6.45) is 0.895. The second-order valence-electron chi connectivity index (χ2n) is 4.01. The molecule has 0 aromatic heterocycles. The highest BCUT2D eigenvalue weighted by molar-refractivity contribution is 5.95. The topological polar surface area (TPSA) is 64.3 Å². The number of carbonyl (C=O) groups excluding carboxylic acids is 1. The van der Waals surface area contributed by atoms with Gasteiger partial charge >= 0.3 is 0 Å². The van der Waals surface area contributed by atoms with Gasteiger partial charge in [-0.1, -0.05) is 6.92 Å². The molecule has 0 fully saturated rings. The minimum Gasteiger partial charge on any atom is -0.494 e. The van der Waals surface area contributed by atoms with Crippen molar-refractivity contribution in [2.75, 3.05) is 12.3 Å². The second-order valence-corrected chi connectivity index (χ2v) is 4.01. The standard InChI is InChI=1S/C13H20N2O2/c1-4-9(3)15-13(16)10-6-11(14)8-12(7-10)17-5-2/h6-9H,4-5,14H2,1-3H3,(H,15,16). The van der Waals surface area contributed by atoms with Gasteiger partial charge in [-0.3, -0.25) is 4.79 Å². The van der Waals surface area contributed by atoms with E-state index in [2.05, 4.69) is 5.32 Å². The number of rotatable bonds is 5. The van der Waals surface area contributed by atoms with Crippen LogP contribution in [0.25, 0.3) is 0 Å². The number of hydrogen-bond donors (Lipinski definition) is 2. The fourth-order valence-electron chi connectivity index (χ4n) is 1.41.